The topological polar surface area (TPSA) is 8.17 Å². The molecule has 0 saturated carbocycles. The first kappa shape index (κ1) is 38.9. The first-order valence-corrected chi connectivity index (χ1v) is 22.7. The molecule has 2 nitrogen and oxygen atoms in total. The Balaban J connectivity index is 1.14. The maximum absolute atomic E-state index is 2.48. The fourth-order valence-electron chi connectivity index (χ4n) is 10.1. The average molecular weight is 841 g/mol. The van der Waals surface area contributed by atoms with Crippen LogP contribution < -0.4 is 4.90 Å². The van der Waals surface area contributed by atoms with Crippen molar-refractivity contribution in [2.45, 2.75) is 0 Å². The summed E-state index contributed by atoms with van der Waals surface area (Å²) in [5.41, 5.74) is 18.4. The highest BCUT2D eigenvalue weighted by molar-refractivity contribution is 6.14. The van der Waals surface area contributed by atoms with Crippen molar-refractivity contribution in [3.63, 3.8) is 0 Å². The van der Waals surface area contributed by atoms with Crippen molar-refractivity contribution in [1.82, 2.24) is 4.57 Å². The lowest BCUT2D eigenvalue weighted by molar-refractivity contribution is 1.18. The number of nitrogens with zero attached hydrogens (tertiary/aromatic N) is 2. The predicted molar refractivity (Wildman–Crippen MR) is 280 cm³/mol. The van der Waals surface area contributed by atoms with E-state index in [9.17, 15) is 0 Å². The number of hydrogen-bond acceptors (Lipinski definition) is 1. The van der Waals surface area contributed by atoms with E-state index in [0.29, 0.717) is 0 Å². The predicted octanol–water partition coefficient (Wildman–Crippen LogP) is 17.7. The summed E-state index contributed by atoms with van der Waals surface area (Å²) in [7, 11) is 0. The summed E-state index contributed by atoms with van der Waals surface area (Å²) in [6, 6.07) is 97.1. The summed E-state index contributed by atoms with van der Waals surface area (Å²) in [4.78, 5) is 2.48. The molecule has 0 N–H and O–H groups in total. The molecule has 1 aromatic heterocycles. The molecule has 0 atom stereocenters. The summed E-state index contributed by atoms with van der Waals surface area (Å²) in [6.45, 7) is 0. The molecule has 12 aromatic rings. The Hall–Kier alpha value is -8.72. The number of aromatic nitrogens is 1. The van der Waals surface area contributed by atoms with Crippen LogP contribution in [0.5, 0.6) is 0 Å². The first-order valence-electron chi connectivity index (χ1n) is 22.7. The largest absolute Gasteiger partial charge is 0.310 e. The van der Waals surface area contributed by atoms with E-state index in [1.165, 1.54) is 66.0 Å². The van der Waals surface area contributed by atoms with Crippen LogP contribution >= 0.6 is 0 Å². The Morgan fingerprint density at radius 2 is 0.758 bits per heavy atom. The monoisotopic (exact) mass is 840 g/mol. The SMILES string of the molecule is c1ccc(-c2ccccc2-c2c(-c3ccccc3)cccc2N(c2cccc(-c3cccc4ccccc34)c2)c2cccc(-c3cccc4c5ccccc5n(-c5ccccc5)c34)c2)cc1. The molecule has 0 spiro atoms. The van der Waals surface area contributed by atoms with Crippen molar-refractivity contribution in [3.05, 3.63) is 267 Å². The molecule has 0 fully saturated rings. The van der Waals surface area contributed by atoms with Gasteiger partial charge in [-0.05, 0) is 104 Å². The van der Waals surface area contributed by atoms with Gasteiger partial charge in [0.1, 0.15) is 0 Å². The van der Waals surface area contributed by atoms with E-state index in [1.807, 2.05) is 0 Å². The third kappa shape index (κ3) is 6.84. The molecular weight excluding hydrogens is 797 g/mol. The van der Waals surface area contributed by atoms with Crippen LogP contribution in [0.4, 0.5) is 17.1 Å². The number of hydrogen-bond donors (Lipinski definition) is 0. The Morgan fingerprint density at radius 1 is 0.288 bits per heavy atom. The third-order valence-electron chi connectivity index (χ3n) is 13.0. The van der Waals surface area contributed by atoms with Gasteiger partial charge in [0.15, 0.2) is 0 Å². The van der Waals surface area contributed by atoms with Gasteiger partial charge >= 0.3 is 0 Å². The van der Waals surface area contributed by atoms with Crippen LogP contribution in [0.25, 0.3) is 93.9 Å². The molecule has 1 heterocycles. The molecule has 310 valence electrons. The van der Waals surface area contributed by atoms with Crippen molar-refractivity contribution >= 4 is 49.6 Å². The highest BCUT2D eigenvalue weighted by Crippen LogP contribution is 2.49. The molecule has 0 bridgehead atoms. The molecule has 0 radical (unpaired) electrons. The Morgan fingerprint density at radius 3 is 1.50 bits per heavy atom. The van der Waals surface area contributed by atoms with Crippen LogP contribution in [0.3, 0.4) is 0 Å². The van der Waals surface area contributed by atoms with Gasteiger partial charge in [-0.2, -0.15) is 0 Å². The van der Waals surface area contributed by atoms with Crippen LogP contribution in [0.2, 0.25) is 0 Å². The van der Waals surface area contributed by atoms with Crippen LogP contribution in [-0.4, -0.2) is 4.57 Å². The summed E-state index contributed by atoms with van der Waals surface area (Å²) in [6.07, 6.45) is 0. The molecule has 12 rings (SSSR count). The molecule has 0 aliphatic rings. The molecule has 0 amide bonds. The molecule has 0 aliphatic carbocycles. The maximum Gasteiger partial charge on any atom is 0.0619 e. The van der Waals surface area contributed by atoms with E-state index >= 15 is 0 Å². The highest BCUT2D eigenvalue weighted by Gasteiger charge is 2.24. The zero-order valence-corrected chi connectivity index (χ0v) is 36.3. The van der Waals surface area contributed by atoms with Gasteiger partial charge in [0, 0.05) is 39.0 Å². The Labute approximate surface area is 385 Å². The van der Waals surface area contributed by atoms with Crippen LogP contribution in [-0.2, 0) is 0 Å². The summed E-state index contributed by atoms with van der Waals surface area (Å²) in [5.74, 6) is 0. The van der Waals surface area contributed by atoms with Crippen molar-refractivity contribution in [2.24, 2.45) is 0 Å². The van der Waals surface area contributed by atoms with E-state index in [1.54, 1.807) is 0 Å². The minimum absolute atomic E-state index is 1.06. The molecule has 0 saturated heterocycles. The second-order valence-electron chi connectivity index (χ2n) is 16.8. The number of anilines is 3. The van der Waals surface area contributed by atoms with Gasteiger partial charge in [0.05, 0.1) is 16.7 Å². The molecule has 2 heteroatoms. The standard InChI is InChI=1S/C64H44N2/c1-4-21-45(22-5-1)54-34-12-13-36-59(54)63-56(47-23-6-2-7-24-47)38-20-42-62(63)65(51-31-16-27-48(43-51)55-37-18-26-46-25-10-11-33-53(46)55)52-32-17-28-49(44-52)57-39-19-40-60-58-35-14-15-41-61(58)66(64(57)60)50-29-8-3-9-30-50/h1-44H. The smallest absolute Gasteiger partial charge is 0.0619 e. The quantitative estimate of drug-likeness (QED) is 0.141. The number of benzene rings is 11. The second-order valence-corrected chi connectivity index (χ2v) is 16.8. The summed E-state index contributed by atoms with van der Waals surface area (Å²) < 4.78 is 2.43. The van der Waals surface area contributed by atoms with Gasteiger partial charge < -0.3 is 9.47 Å². The van der Waals surface area contributed by atoms with Crippen molar-refractivity contribution in [1.29, 1.82) is 0 Å². The van der Waals surface area contributed by atoms with Crippen molar-refractivity contribution < 1.29 is 0 Å². The van der Waals surface area contributed by atoms with Gasteiger partial charge in [-0.3, -0.25) is 0 Å². The van der Waals surface area contributed by atoms with Crippen molar-refractivity contribution in [2.75, 3.05) is 4.90 Å². The summed E-state index contributed by atoms with van der Waals surface area (Å²) >= 11 is 0. The van der Waals surface area contributed by atoms with E-state index in [2.05, 4.69) is 276 Å². The van der Waals surface area contributed by atoms with Crippen LogP contribution in [0.15, 0.2) is 267 Å². The highest BCUT2D eigenvalue weighted by atomic mass is 15.1. The Kier molecular flexibility index (Phi) is 9.89. The molecular formula is C64H44N2. The molecule has 0 unspecified atom stereocenters. The minimum Gasteiger partial charge on any atom is -0.310 e. The average Bonchev–Trinajstić information content (AvgIpc) is 3.74. The van der Waals surface area contributed by atoms with E-state index < -0.39 is 0 Å². The van der Waals surface area contributed by atoms with Gasteiger partial charge in [0.2, 0.25) is 0 Å². The zero-order valence-electron chi connectivity index (χ0n) is 36.3. The normalized spacial score (nSPS) is 11.3. The first-order chi connectivity index (χ1) is 32.8. The third-order valence-corrected chi connectivity index (χ3v) is 13.0. The fourth-order valence-corrected chi connectivity index (χ4v) is 10.1. The van der Waals surface area contributed by atoms with E-state index in [-0.39, 0.29) is 0 Å². The van der Waals surface area contributed by atoms with Gasteiger partial charge in [-0.15, -0.1) is 0 Å². The van der Waals surface area contributed by atoms with Gasteiger partial charge in [0.25, 0.3) is 0 Å². The van der Waals surface area contributed by atoms with Gasteiger partial charge in [-0.25, -0.2) is 0 Å². The number of fused-ring (bicyclic) bond motifs is 4. The lowest BCUT2D eigenvalue weighted by Crippen LogP contribution is -2.12. The number of para-hydroxylation sites is 3. The minimum atomic E-state index is 1.06. The van der Waals surface area contributed by atoms with Crippen LogP contribution in [0.1, 0.15) is 0 Å². The van der Waals surface area contributed by atoms with E-state index in [4.69, 9.17) is 0 Å². The molecule has 0 aliphatic heterocycles. The lowest BCUT2D eigenvalue weighted by atomic mass is 9.87. The second kappa shape index (κ2) is 16.8. The van der Waals surface area contributed by atoms with Crippen LogP contribution in [0, 0.1) is 0 Å². The fraction of sp³-hybridized carbons (Fsp3) is 0. The van der Waals surface area contributed by atoms with Crippen molar-refractivity contribution in [3.8, 4) is 61.3 Å². The summed E-state index contributed by atoms with van der Waals surface area (Å²) in [5, 5.41) is 4.92. The molecule has 11 aromatic carbocycles. The lowest BCUT2D eigenvalue weighted by Gasteiger charge is -2.30. The maximum atomic E-state index is 2.48. The number of rotatable bonds is 9. The van der Waals surface area contributed by atoms with Gasteiger partial charge in [-0.1, -0.05) is 218 Å². The van der Waals surface area contributed by atoms with E-state index in [0.717, 1.165) is 45.0 Å². The zero-order chi connectivity index (χ0) is 43.8. The molecule has 66 heavy (non-hydrogen) atoms. The Bertz CT molecular complexity index is 3690.